The molecule has 2 aromatic rings. The lowest BCUT2D eigenvalue weighted by Gasteiger charge is -2.27. The first-order chi connectivity index (χ1) is 14.3. The first-order valence-electron chi connectivity index (χ1n) is 9.80. The molecule has 0 unspecified atom stereocenters. The minimum atomic E-state index is -3.71. The summed E-state index contributed by atoms with van der Waals surface area (Å²) in [6.07, 6.45) is 5.49. The second kappa shape index (κ2) is 9.43. The molecule has 158 valence electrons. The molecule has 0 radical (unpaired) electrons. The largest absolute Gasteiger partial charge is 0.379 e. The maximum Gasteiger partial charge on any atom is 0.254 e. The van der Waals surface area contributed by atoms with E-state index in [4.69, 9.17) is 11.2 Å². The Kier molecular flexibility index (Phi) is 6.93. The van der Waals surface area contributed by atoms with Crippen molar-refractivity contribution in [3.8, 4) is 12.3 Å². The molecule has 7 heteroatoms. The van der Waals surface area contributed by atoms with Gasteiger partial charge in [0.15, 0.2) is 0 Å². The van der Waals surface area contributed by atoms with E-state index in [1.807, 2.05) is 31.2 Å². The van der Waals surface area contributed by atoms with E-state index >= 15 is 0 Å². The molecule has 0 aromatic heterocycles. The van der Waals surface area contributed by atoms with Gasteiger partial charge in [-0.1, -0.05) is 41.8 Å². The first kappa shape index (κ1) is 22.0. The normalized spacial score (nSPS) is 14.8. The molecule has 6 nitrogen and oxygen atoms in total. The molecule has 30 heavy (non-hydrogen) atoms. The van der Waals surface area contributed by atoms with E-state index in [9.17, 15) is 13.2 Å². The van der Waals surface area contributed by atoms with Crippen LogP contribution in [0.2, 0.25) is 0 Å². The number of carbonyl (C=O) groups is 1. The standard InChI is InChI=1S/C23H26N2O4S/c1-4-11-24(17-20-8-5-18(2)6-9-20)23(26)21-10-7-19(3)22(16-21)30(27,28)25-12-14-29-15-13-25/h1,5-10,16H,11-15,17H2,2-3H3. The van der Waals surface area contributed by atoms with Gasteiger partial charge in [0.25, 0.3) is 5.91 Å². The lowest BCUT2D eigenvalue weighted by atomic mass is 10.1. The second-order valence-corrected chi connectivity index (χ2v) is 9.25. The fraction of sp³-hybridized carbons (Fsp3) is 0.348. The van der Waals surface area contributed by atoms with Crippen LogP contribution < -0.4 is 0 Å². The highest BCUT2D eigenvalue weighted by molar-refractivity contribution is 7.89. The number of hydrogen-bond donors (Lipinski definition) is 0. The minimum Gasteiger partial charge on any atom is -0.379 e. The van der Waals surface area contributed by atoms with Crippen LogP contribution in [-0.4, -0.2) is 56.4 Å². The predicted octanol–water partition coefficient (Wildman–Crippen LogP) is 2.60. The average molecular weight is 427 g/mol. The third kappa shape index (κ3) is 4.90. The quantitative estimate of drug-likeness (QED) is 0.666. The zero-order valence-electron chi connectivity index (χ0n) is 17.3. The van der Waals surface area contributed by atoms with Gasteiger partial charge in [0.1, 0.15) is 0 Å². The molecule has 1 aliphatic heterocycles. The number of aryl methyl sites for hydroxylation is 2. The highest BCUT2D eigenvalue weighted by atomic mass is 32.2. The number of ether oxygens (including phenoxy) is 1. The number of rotatable bonds is 6. The molecular weight excluding hydrogens is 400 g/mol. The van der Waals surface area contributed by atoms with Crippen LogP contribution in [0.25, 0.3) is 0 Å². The Balaban J connectivity index is 1.89. The molecule has 0 atom stereocenters. The molecule has 0 aliphatic carbocycles. The predicted molar refractivity (Wildman–Crippen MR) is 116 cm³/mol. The number of benzene rings is 2. The fourth-order valence-electron chi connectivity index (χ4n) is 3.34. The van der Waals surface area contributed by atoms with Crippen molar-refractivity contribution >= 4 is 15.9 Å². The van der Waals surface area contributed by atoms with Gasteiger partial charge in [0, 0.05) is 25.2 Å². The van der Waals surface area contributed by atoms with Gasteiger partial charge in [-0.15, -0.1) is 6.42 Å². The third-order valence-corrected chi connectivity index (χ3v) is 7.13. The second-order valence-electron chi connectivity index (χ2n) is 7.35. The molecule has 0 spiro atoms. The zero-order chi connectivity index (χ0) is 21.7. The van der Waals surface area contributed by atoms with Crippen LogP contribution in [0.5, 0.6) is 0 Å². The summed E-state index contributed by atoms with van der Waals surface area (Å²) >= 11 is 0. The van der Waals surface area contributed by atoms with Gasteiger partial charge in [-0.25, -0.2) is 8.42 Å². The highest BCUT2D eigenvalue weighted by Crippen LogP contribution is 2.23. The van der Waals surface area contributed by atoms with E-state index < -0.39 is 10.0 Å². The van der Waals surface area contributed by atoms with Crippen LogP contribution in [0, 0.1) is 26.2 Å². The van der Waals surface area contributed by atoms with Crippen LogP contribution in [0.3, 0.4) is 0 Å². The Bertz CT molecular complexity index is 1050. The summed E-state index contributed by atoms with van der Waals surface area (Å²) in [5, 5.41) is 0. The number of sulfonamides is 1. The van der Waals surface area contributed by atoms with Crippen LogP contribution in [0.4, 0.5) is 0 Å². The molecule has 1 heterocycles. The van der Waals surface area contributed by atoms with Crippen LogP contribution in [-0.2, 0) is 21.3 Å². The van der Waals surface area contributed by atoms with Gasteiger partial charge in [-0.2, -0.15) is 4.31 Å². The van der Waals surface area contributed by atoms with Gasteiger partial charge in [-0.05, 0) is 37.1 Å². The smallest absolute Gasteiger partial charge is 0.254 e. The molecule has 1 aliphatic rings. The summed E-state index contributed by atoms with van der Waals surface area (Å²) < 4.78 is 32.9. The van der Waals surface area contributed by atoms with E-state index in [-0.39, 0.29) is 17.3 Å². The van der Waals surface area contributed by atoms with Gasteiger partial charge >= 0.3 is 0 Å². The van der Waals surface area contributed by atoms with Crippen molar-refractivity contribution in [1.29, 1.82) is 0 Å². The topological polar surface area (TPSA) is 66.9 Å². The number of terminal acetylenes is 1. The van der Waals surface area contributed by atoms with Gasteiger partial charge < -0.3 is 9.64 Å². The molecule has 3 rings (SSSR count). The third-order valence-electron chi connectivity index (χ3n) is 5.09. The van der Waals surface area contributed by atoms with Gasteiger partial charge in [0.2, 0.25) is 10.0 Å². The maximum absolute atomic E-state index is 13.2. The van der Waals surface area contributed by atoms with E-state index in [0.29, 0.717) is 44.0 Å². The maximum atomic E-state index is 13.2. The van der Waals surface area contributed by atoms with Crippen LogP contribution in [0.15, 0.2) is 47.4 Å². The van der Waals surface area contributed by atoms with Crippen LogP contribution in [0.1, 0.15) is 27.0 Å². The number of carbonyl (C=O) groups excluding carboxylic acids is 1. The fourth-order valence-corrected chi connectivity index (χ4v) is 5.00. The number of morpholine rings is 1. The van der Waals surface area contributed by atoms with E-state index in [0.717, 1.165) is 11.1 Å². The summed E-state index contributed by atoms with van der Waals surface area (Å²) in [5.41, 5.74) is 2.98. The summed E-state index contributed by atoms with van der Waals surface area (Å²) in [6.45, 7) is 5.54. The first-order valence-corrected chi connectivity index (χ1v) is 11.2. The molecule has 0 N–H and O–H groups in total. The zero-order valence-corrected chi connectivity index (χ0v) is 18.1. The molecule has 0 bridgehead atoms. The Morgan fingerprint density at radius 1 is 1.13 bits per heavy atom. The van der Waals surface area contributed by atoms with Crippen molar-refractivity contribution in [2.75, 3.05) is 32.8 Å². The SMILES string of the molecule is C#CCN(Cc1ccc(C)cc1)C(=O)c1ccc(C)c(S(=O)(=O)N2CCOCC2)c1. The Morgan fingerprint density at radius 3 is 2.43 bits per heavy atom. The summed E-state index contributed by atoms with van der Waals surface area (Å²) in [6, 6.07) is 12.6. The van der Waals surface area contributed by atoms with Gasteiger partial charge in [-0.3, -0.25) is 4.79 Å². The number of hydrogen-bond acceptors (Lipinski definition) is 4. The van der Waals surface area contributed by atoms with Crippen molar-refractivity contribution in [1.82, 2.24) is 9.21 Å². The van der Waals surface area contributed by atoms with Crippen LogP contribution >= 0.6 is 0 Å². The van der Waals surface area contributed by atoms with Crippen molar-refractivity contribution in [3.63, 3.8) is 0 Å². The molecule has 2 aromatic carbocycles. The lowest BCUT2D eigenvalue weighted by molar-refractivity contribution is 0.0729. The molecule has 1 fully saturated rings. The average Bonchev–Trinajstić information content (AvgIpc) is 2.75. The molecule has 0 saturated carbocycles. The van der Waals surface area contributed by atoms with Crippen molar-refractivity contribution in [2.24, 2.45) is 0 Å². The highest BCUT2D eigenvalue weighted by Gasteiger charge is 2.29. The van der Waals surface area contributed by atoms with E-state index in [1.165, 1.54) is 10.4 Å². The number of nitrogens with zero attached hydrogens (tertiary/aromatic N) is 2. The summed E-state index contributed by atoms with van der Waals surface area (Å²) in [5.74, 6) is 2.22. The lowest BCUT2D eigenvalue weighted by Crippen LogP contribution is -2.41. The molecule has 1 amide bonds. The van der Waals surface area contributed by atoms with Crippen molar-refractivity contribution < 1.29 is 17.9 Å². The Morgan fingerprint density at radius 2 is 1.80 bits per heavy atom. The van der Waals surface area contributed by atoms with E-state index in [2.05, 4.69) is 5.92 Å². The molecular formula is C23H26N2O4S. The summed E-state index contributed by atoms with van der Waals surface area (Å²) in [7, 11) is -3.71. The van der Waals surface area contributed by atoms with Gasteiger partial charge in [0.05, 0.1) is 24.7 Å². The van der Waals surface area contributed by atoms with Crippen molar-refractivity contribution in [2.45, 2.75) is 25.3 Å². The monoisotopic (exact) mass is 426 g/mol. The van der Waals surface area contributed by atoms with Crippen molar-refractivity contribution in [3.05, 3.63) is 64.7 Å². The number of amides is 1. The molecule has 1 saturated heterocycles. The Labute approximate surface area is 178 Å². The minimum absolute atomic E-state index is 0.131. The summed E-state index contributed by atoms with van der Waals surface area (Å²) in [4.78, 5) is 14.9. The Hall–Kier alpha value is -2.66. The van der Waals surface area contributed by atoms with E-state index in [1.54, 1.807) is 24.0 Å².